The van der Waals surface area contributed by atoms with E-state index in [2.05, 4.69) is 18.0 Å². The maximum absolute atomic E-state index is 5.94. The van der Waals surface area contributed by atoms with Gasteiger partial charge in [0.25, 0.3) is 0 Å². The average molecular weight is 262 g/mol. The maximum Gasteiger partial charge on any atom is 0.135 e. The minimum Gasteiger partial charge on any atom is -0.457 e. The Labute approximate surface area is 113 Å². The molecule has 2 nitrogen and oxygen atoms in total. The molecule has 0 aliphatic heterocycles. The van der Waals surface area contributed by atoms with Crippen molar-refractivity contribution in [3.8, 4) is 11.5 Å². The van der Waals surface area contributed by atoms with Crippen molar-refractivity contribution in [2.75, 3.05) is 0 Å². The van der Waals surface area contributed by atoms with Crippen LogP contribution in [-0.2, 0) is 5.88 Å². The van der Waals surface area contributed by atoms with Gasteiger partial charge in [0.15, 0.2) is 0 Å². The van der Waals surface area contributed by atoms with Crippen molar-refractivity contribution in [1.82, 2.24) is 4.98 Å². The summed E-state index contributed by atoms with van der Waals surface area (Å²) in [5.41, 5.74) is 4.17. The Kier molecular flexibility index (Phi) is 3.87. The van der Waals surface area contributed by atoms with E-state index in [1.165, 1.54) is 5.56 Å². The number of benzene rings is 1. The highest BCUT2D eigenvalue weighted by Gasteiger charge is 2.07. The van der Waals surface area contributed by atoms with Crippen LogP contribution in [0.25, 0.3) is 0 Å². The summed E-state index contributed by atoms with van der Waals surface area (Å²) in [7, 11) is 0. The lowest BCUT2D eigenvalue weighted by molar-refractivity contribution is 0.473. The molecule has 1 aromatic heterocycles. The number of rotatable bonds is 3. The van der Waals surface area contributed by atoms with Gasteiger partial charge in [0.05, 0.1) is 5.88 Å². The predicted octanol–water partition coefficient (Wildman–Crippen LogP) is 4.54. The first kappa shape index (κ1) is 12.9. The lowest BCUT2D eigenvalue weighted by Crippen LogP contribution is -1.94. The monoisotopic (exact) mass is 261 g/mol. The predicted molar refractivity (Wildman–Crippen MR) is 74.5 cm³/mol. The molecule has 1 aromatic carbocycles. The van der Waals surface area contributed by atoms with Crippen LogP contribution < -0.4 is 4.74 Å². The molecular weight excluding hydrogens is 246 g/mol. The molecule has 0 fully saturated rings. The molecule has 0 N–H and O–H groups in total. The van der Waals surface area contributed by atoms with Crippen LogP contribution in [0.15, 0.2) is 30.5 Å². The number of nitrogens with zero attached hydrogens (tertiary/aromatic N) is 1. The zero-order valence-corrected chi connectivity index (χ0v) is 11.6. The van der Waals surface area contributed by atoms with Crippen LogP contribution in [0.1, 0.15) is 22.4 Å². The quantitative estimate of drug-likeness (QED) is 0.757. The molecule has 3 heteroatoms. The van der Waals surface area contributed by atoms with Gasteiger partial charge in [-0.3, -0.25) is 4.98 Å². The largest absolute Gasteiger partial charge is 0.457 e. The van der Waals surface area contributed by atoms with Gasteiger partial charge in [0, 0.05) is 23.5 Å². The third-order valence-electron chi connectivity index (χ3n) is 2.77. The van der Waals surface area contributed by atoms with Crippen LogP contribution >= 0.6 is 11.6 Å². The minimum atomic E-state index is 0.396. The summed E-state index contributed by atoms with van der Waals surface area (Å²) < 4.78 is 5.94. The summed E-state index contributed by atoms with van der Waals surface area (Å²) in [6.07, 6.45) is 1.77. The van der Waals surface area contributed by atoms with Gasteiger partial charge in [-0.1, -0.05) is 17.7 Å². The summed E-state index contributed by atoms with van der Waals surface area (Å²) in [5.74, 6) is 2.04. The molecule has 0 saturated carbocycles. The lowest BCUT2D eigenvalue weighted by atomic mass is 10.1. The van der Waals surface area contributed by atoms with Crippen molar-refractivity contribution in [2.45, 2.75) is 26.7 Å². The summed E-state index contributed by atoms with van der Waals surface area (Å²) in [6.45, 7) is 6.04. The molecule has 94 valence electrons. The number of hydrogen-bond donors (Lipinski definition) is 0. The van der Waals surface area contributed by atoms with E-state index in [9.17, 15) is 0 Å². The molecule has 0 saturated heterocycles. The van der Waals surface area contributed by atoms with Crippen molar-refractivity contribution < 1.29 is 4.74 Å². The zero-order valence-electron chi connectivity index (χ0n) is 10.8. The highest BCUT2D eigenvalue weighted by molar-refractivity contribution is 6.17. The van der Waals surface area contributed by atoms with E-state index in [0.29, 0.717) is 5.88 Å². The fraction of sp³-hybridized carbons (Fsp3) is 0.267. The second-order valence-corrected chi connectivity index (χ2v) is 4.71. The van der Waals surface area contributed by atoms with Gasteiger partial charge in [-0.2, -0.15) is 0 Å². The molecule has 0 amide bonds. The molecule has 1 heterocycles. The van der Waals surface area contributed by atoms with Crippen LogP contribution in [0.5, 0.6) is 11.5 Å². The molecule has 0 aliphatic carbocycles. The van der Waals surface area contributed by atoms with Crippen molar-refractivity contribution in [3.05, 3.63) is 52.8 Å². The maximum atomic E-state index is 5.94. The molecule has 2 aromatic rings. The van der Waals surface area contributed by atoms with E-state index in [1.54, 1.807) is 6.20 Å². The topological polar surface area (TPSA) is 22.1 Å². The van der Waals surface area contributed by atoms with Gasteiger partial charge in [0.1, 0.15) is 11.5 Å². The third-order valence-corrected chi connectivity index (χ3v) is 3.06. The Morgan fingerprint density at radius 3 is 2.56 bits per heavy atom. The number of alkyl halides is 1. The van der Waals surface area contributed by atoms with Gasteiger partial charge < -0.3 is 4.74 Å². The number of aryl methyl sites for hydroxylation is 3. The highest BCUT2D eigenvalue weighted by Crippen LogP contribution is 2.29. The Hall–Kier alpha value is -1.54. The van der Waals surface area contributed by atoms with Crippen LogP contribution in [0.3, 0.4) is 0 Å². The standard InChI is InChI=1S/C15H16ClNO/c1-10-4-5-14(11(2)6-10)18-15-7-12(3)17-9-13(15)8-16/h4-7,9H,8H2,1-3H3. The normalized spacial score (nSPS) is 10.4. The summed E-state index contributed by atoms with van der Waals surface area (Å²) in [5, 5.41) is 0. The number of aromatic nitrogens is 1. The Morgan fingerprint density at radius 2 is 1.89 bits per heavy atom. The highest BCUT2D eigenvalue weighted by atomic mass is 35.5. The molecule has 0 bridgehead atoms. The smallest absolute Gasteiger partial charge is 0.135 e. The fourth-order valence-electron chi connectivity index (χ4n) is 1.79. The lowest BCUT2D eigenvalue weighted by Gasteiger charge is -2.12. The van der Waals surface area contributed by atoms with E-state index in [0.717, 1.165) is 28.3 Å². The van der Waals surface area contributed by atoms with Gasteiger partial charge in [-0.25, -0.2) is 0 Å². The second-order valence-electron chi connectivity index (χ2n) is 4.44. The first-order valence-corrected chi connectivity index (χ1v) is 6.40. The molecule has 18 heavy (non-hydrogen) atoms. The molecule has 0 radical (unpaired) electrons. The SMILES string of the molecule is Cc1ccc(Oc2cc(C)ncc2CCl)c(C)c1. The first-order chi connectivity index (χ1) is 8.60. The zero-order chi connectivity index (χ0) is 13.1. The van der Waals surface area contributed by atoms with E-state index < -0.39 is 0 Å². The van der Waals surface area contributed by atoms with Gasteiger partial charge in [-0.05, 0) is 32.4 Å². The van der Waals surface area contributed by atoms with Crippen molar-refractivity contribution in [1.29, 1.82) is 0 Å². The number of halogens is 1. The van der Waals surface area contributed by atoms with E-state index in [4.69, 9.17) is 16.3 Å². The molecule has 0 aliphatic rings. The Morgan fingerprint density at radius 1 is 1.11 bits per heavy atom. The number of ether oxygens (including phenoxy) is 1. The van der Waals surface area contributed by atoms with Crippen molar-refractivity contribution >= 4 is 11.6 Å². The van der Waals surface area contributed by atoms with Crippen molar-refractivity contribution in [3.63, 3.8) is 0 Å². The number of hydrogen-bond acceptors (Lipinski definition) is 2. The third kappa shape index (κ3) is 2.82. The van der Waals surface area contributed by atoms with Crippen LogP contribution in [0, 0.1) is 20.8 Å². The van der Waals surface area contributed by atoms with Gasteiger partial charge in [0.2, 0.25) is 0 Å². The Balaban J connectivity index is 2.36. The summed E-state index contributed by atoms with van der Waals surface area (Å²) >= 11 is 5.90. The average Bonchev–Trinajstić information content (AvgIpc) is 2.33. The van der Waals surface area contributed by atoms with Crippen molar-refractivity contribution in [2.24, 2.45) is 0 Å². The van der Waals surface area contributed by atoms with E-state index in [1.807, 2.05) is 32.0 Å². The molecular formula is C15H16ClNO. The molecule has 0 atom stereocenters. The number of pyridine rings is 1. The first-order valence-electron chi connectivity index (χ1n) is 5.86. The minimum absolute atomic E-state index is 0.396. The van der Waals surface area contributed by atoms with Crippen LogP contribution in [-0.4, -0.2) is 4.98 Å². The molecule has 2 rings (SSSR count). The van der Waals surface area contributed by atoms with Crippen LogP contribution in [0.4, 0.5) is 0 Å². The molecule has 0 spiro atoms. The summed E-state index contributed by atoms with van der Waals surface area (Å²) in [4.78, 5) is 4.22. The van der Waals surface area contributed by atoms with Gasteiger partial charge in [-0.15, -0.1) is 11.6 Å². The molecule has 0 unspecified atom stereocenters. The summed E-state index contributed by atoms with van der Waals surface area (Å²) in [6, 6.07) is 8.04. The second kappa shape index (κ2) is 5.40. The van der Waals surface area contributed by atoms with Gasteiger partial charge >= 0.3 is 0 Å². The van der Waals surface area contributed by atoms with E-state index >= 15 is 0 Å². The van der Waals surface area contributed by atoms with Crippen LogP contribution in [0.2, 0.25) is 0 Å². The fourth-order valence-corrected chi connectivity index (χ4v) is 1.99. The van der Waals surface area contributed by atoms with E-state index in [-0.39, 0.29) is 0 Å². The Bertz CT molecular complexity index is 566.